The van der Waals surface area contributed by atoms with Crippen molar-refractivity contribution in [2.45, 2.75) is 64.8 Å². The standard InChI is InChI=1S/C20H30FNO3/c1-13-17(25-18(11-12-23)19(13)20(3,4)21)10-7-15-5-8-16(9-6-15)22-14(2)24/h5-6,8-9,13,17-19,23H,7,10-12H2,1-4H3,(H,22,24)/t13-,17+,18-,19+/m1/s1. The third kappa shape index (κ3) is 5.25. The zero-order valence-corrected chi connectivity index (χ0v) is 15.6. The molecule has 4 nitrogen and oxygen atoms in total. The largest absolute Gasteiger partial charge is 0.396 e. The number of hydrogen-bond donors (Lipinski definition) is 2. The minimum absolute atomic E-state index is 0.00778. The van der Waals surface area contributed by atoms with E-state index in [2.05, 4.69) is 5.32 Å². The second-order valence-corrected chi connectivity index (χ2v) is 7.59. The molecule has 140 valence electrons. The number of halogens is 1. The second kappa shape index (κ2) is 8.28. The summed E-state index contributed by atoms with van der Waals surface area (Å²) in [5.41, 5.74) is 0.615. The Labute approximate surface area is 149 Å². The number of benzene rings is 1. The first-order chi connectivity index (χ1) is 11.7. The van der Waals surface area contributed by atoms with E-state index in [1.165, 1.54) is 6.92 Å². The van der Waals surface area contributed by atoms with Crippen molar-refractivity contribution in [1.82, 2.24) is 0 Å². The molecule has 0 aliphatic carbocycles. The lowest BCUT2D eigenvalue weighted by Crippen LogP contribution is -2.37. The van der Waals surface area contributed by atoms with Gasteiger partial charge in [-0.05, 0) is 56.7 Å². The second-order valence-electron chi connectivity index (χ2n) is 7.59. The number of aliphatic hydroxyl groups is 1. The first-order valence-corrected chi connectivity index (χ1v) is 9.04. The van der Waals surface area contributed by atoms with Crippen LogP contribution >= 0.6 is 0 Å². The number of rotatable bonds is 7. The molecule has 0 radical (unpaired) electrons. The van der Waals surface area contributed by atoms with Crippen molar-refractivity contribution in [1.29, 1.82) is 0 Å². The lowest BCUT2D eigenvalue weighted by Gasteiger charge is -2.30. The van der Waals surface area contributed by atoms with E-state index in [1.807, 2.05) is 31.2 Å². The number of carbonyl (C=O) groups is 1. The zero-order chi connectivity index (χ0) is 18.6. The molecule has 0 aromatic heterocycles. The van der Waals surface area contributed by atoms with E-state index in [1.54, 1.807) is 13.8 Å². The molecule has 2 rings (SSSR count). The zero-order valence-electron chi connectivity index (χ0n) is 15.6. The van der Waals surface area contributed by atoms with Crippen LogP contribution < -0.4 is 5.32 Å². The van der Waals surface area contributed by atoms with Gasteiger partial charge in [0.15, 0.2) is 0 Å². The first kappa shape index (κ1) is 19.9. The molecular weight excluding hydrogens is 321 g/mol. The number of ether oxygens (including phenoxy) is 1. The Hall–Kier alpha value is -1.46. The van der Waals surface area contributed by atoms with Crippen LogP contribution in [0.4, 0.5) is 10.1 Å². The normalized spacial score (nSPS) is 26.6. The molecule has 1 saturated heterocycles. The summed E-state index contributed by atoms with van der Waals surface area (Å²) in [6.45, 7) is 6.75. The van der Waals surface area contributed by atoms with Gasteiger partial charge in [0.1, 0.15) is 5.67 Å². The van der Waals surface area contributed by atoms with Crippen molar-refractivity contribution in [3.05, 3.63) is 29.8 Å². The molecule has 1 amide bonds. The summed E-state index contributed by atoms with van der Waals surface area (Å²) in [6, 6.07) is 7.76. The summed E-state index contributed by atoms with van der Waals surface area (Å²) in [7, 11) is 0. The molecule has 0 bridgehead atoms. The van der Waals surface area contributed by atoms with Crippen molar-refractivity contribution in [2.75, 3.05) is 11.9 Å². The number of alkyl halides is 1. The summed E-state index contributed by atoms with van der Waals surface area (Å²) >= 11 is 0. The van der Waals surface area contributed by atoms with Gasteiger partial charge in [0.25, 0.3) is 0 Å². The molecule has 5 heteroatoms. The summed E-state index contributed by atoms with van der Waals surface area (Å²) in [4.78, 5) is 11.1. The highest BCUT2D eigenvalue weighted by atomic mass is 19.1. The third-order valence-electron chi connectivity index (χ3n) is 5.10. The Morgan fingerprint density at radius 1 is 1.24 bits per heavy atom. The molecule has 4 atom stereocenters. The number of anilines is 1. The molecule has 0 spiro atoms. The molecule has 1 fully saturated rings. The maximum atomic E-state index is 14.6. The number of nitrogens with one attached hydrogen (secondary N) is 1. The maximum Gasteiger partial charge on any atom is 0.221 e. The van der Waals surface area contributed by atoms with Gasteiger partial charge in [-0.3, -0.25) is 4.79 Å². The average Bonchev–Trinajstić information content (AvgIpc) is 2.82. The average molecular weight is 351 g/mol. The lowest BCUT2D eigenvalue weighted by atomic mass is 9.77. The van der Waals surface area contributed by atoms with Gasteiger partial charge in [-0.25, -0.2) is 4.39 Å². The molecule has 0 saturated carbocycles. The molecular formula is C20H30FNO3. The van der Waals surface area contributed by atoms with Crippen LogP contribution in [0.2, 0.25) is 0 Å². The number of hydrogen-bond acceptors (Lipinski definition) is 3. The number of aryl methyl sites for hydroxylation is 1. The molecule has 1 aromatic carbocycles. The van der Waals surface area contributed by atoms with Crippen molar-refractivity contribution in [2.24, 2.45) is 11.8 Å². The summed E-state index contributed by atoms with van der Waals surface area (Å²) in [5.74, 6) is -0.183. The van der Waals surface area contributed by atoms with Crippen molar-refractivity contribution >= 4 is 11.6 Å². The highest BCUT2D eigenvalue weighted by molar-refractivity contribution is 5.88. The lowest BCUT2D eigenvalue weighted by molar-refractivity contribution is -0.114. The van der Waals surface area contributed by atoms with E-state index in [9.17, 15) is 14.3 Å². The van der Waals surface area contributed by atoms with E-state index < -0.39 is 5.67 Å². The number of amides is 1. The summed E-state index contributed by atoms with van der Waals surface area (Å²) in [5, 5.41) is 12.0. The number of aliphatic hydroxyl groups excluding tert-OH is 1. The van der Waals surface area contributed by atoms with Gasteiger partial charge in [0.05, 0.1) is 12.2 Å². The van der Waals surface area contributed by atoms with Crippen LogP contribution in [-0.4, -0.2) is 35.5 Å². The molecule has 2 N–H and O–H groups in total. The van der Waals surface area contributed by atoms with Gasteiger partial charge in [0, 0.05) is 25.1 Å². The van der Waals surface area contributed by atoms with Gasteiger partial charge in [-0.15, -0.1) is 0 Å². The summed E-state index contributed by atoms with van der Waals surface area (Å²) < 4.78 is 20.7. The Morgan fingerprint density at radius 2 is 1.88 bits per heavy atom. The predicted molar refractivity (Wildman–Crippen MR) is 97.3 cm³/mol. The van der Waals surface area contributed by atoms with Crippen LogP contribution in [-0.2, 0) is 16.0 Å². The van der Waals surface area contributed by atoms with E-state index in [4.69, 9.17) is 4.74 Å². The van der Waals surface area contributed by atoms with Crippen LogP contribution in [0, 0.1) is 11.8 Å². The Morgan fingerprint density at radius 3 is 2.40 bits per heavy atom. The fourth-order valence-electron chi connectivity index (χ4n) is 4.04. The van der Waals surface area contributed by atoms with Crippen LogP contribution in [0.25, 0.3) is 0 Å². The third-order valence-corrected chi connectivity index (χ3v) is 5.10. The van der Waals surface area contributed by atoms with Gasteiger partial charge < -0.3 is 15.2 Å². The topological polar surface area (TPSA) is 58.6 Å². The molecule has 1 aliphatic heterocycles. The van der Waals surface area contributed by atoms with Crippen LogP contribution in [0.3, 0.4) is 0 Å². The Bertz CT molecular complexity index is 567. The van der Waals surface area contributed by atoms with Crippen LogP contribution in [0.15, 0.2) is 24.3 Å². The molecule has 1 aromatic rings. The van der Waals surface area contributed by atoms with Crippen molar-refractivity contribution in [3.63, 3.8) is 0 Å². The highest BCUT2D eigenvalue weighted by Gasteiger charge is 2.48. The van der Waals surface area contributed by atoms with Crippen LogP contribution in [0.1, 0.15) is 46.1 Å². The molecule has 1 heterocycles. The van der Waals surface area contributed by atoms with Gasteiger partial charge >= 0.3 is 0 Å². The van der Waals surface area contributed by atoms with E-state index >= 15 is 0 Å². The monoisotopic (exact) mass is 351 g/mol. The molecule has 1 aliphatic rings. The Kier molecular flexibility index (Phi) is 6.58. The first-order valence-electron chi connectivity index (χ1n) is 9.04. The molecule has 25 heavy (non-hydrogen) atoms. The predicted octanol–water partition coefficient (Wildman–Crippen LogP) is 3.73. The van der Waals surface area contributed by atoms with Crippen molar-refractivity contribution < 1.29 is 19.0 Å². The fourth-order valence-corrected chi connectivity index (χ4v) is 4.04. The van der Waals surface area contributed by atoms with Crippen molar-refractivity contribution in [3.8, 4) is 0 Å². The smallest absolute Gasteiger partial charge is 0.221 e. The maximum absolute atomic E-state index is 14.6. The SMILES string of the molecule is CC(=O)Nc1ccc(CC[C@@H]2O[C@H](CCO)[C@@H](C(C)(C)F)[C@@H]2C)cc1. The Balaban J connectivity index is 1.97. The minimum Gasteiger partial charge on any atom is -0.396 e. The van der Waals surface area contributed by atoms with Crippen LogP contribution in [0.5, 0.6) is 0 Å². The van der Waals surface area contributed by atoms with Gasteiger partial charge in [-0.2, -0.15) is 0 Å². The summed E-state index contributed by atoms with van der Waals surface area (Å²) in [6.07, 6.45) is 1.89. The fraction of sp³-hybridized carbons (Fsp3) is 0.650. The molecule has 0 unspecified atom stereocenters. The van der Waals surface area contributed by atoms with Gasteiger partial charge in [-0.1, -0.05) is 19.1 Å². The van der Waals surface area contributed by atoms with Gasteiger partial charge in [0.2, 0.25) is 5.91 Å². The highest BCUT2D eigenvalue weighted by Crippen LogP contribution is 2.43. The number of carbonyl (C=O) groups excluding carboxylic acids is 1. The van der Waals surface area contributed by atoms with E-state index in [0.29, 0.717) is 6.42 Å². The quantitative estimate of drug-likeness (QED) is 0.787. The van der Waals surface area contributed by atoms with E-state index in [0.717, 1.165) is 24.1 Å². The van der Waals surface area contributed by atoms with E-state index in [-0.39, 0.29) is 36.6 Å². The minimum atomic E-state index is -1.33.